The summed E-state index contributed by atoms with van der Waals surface area (Å²) < 4.78 is 19.5. The average molecular weight is 573 g/mol. The number of nitrogens with two attached hydrogens (primary N) is 1. The van der Waals surface area contributed by atoms with Gasteiger partial charge in [0.05, 0.1) is 22.6 Å². The number of nitrogen functional groups attached to an aromatic ring is 1. The van der Waals surface area contributed by atoms with E-state index < -0.39 is 36.1 Å². The SMILES string of the molecule is CC(C)(C)OC(=O)N1CCCC1C(=O)Nc1ccc(-c2ccc(-c3ccc(B4OC(C)(C)C(C)(C)O4)cc3)n2N)cc1. The second-order valence-corrected chi connectivity index (χ2v) is 13.1. The van der Waals surface area contributed by atoms with Crippen molar-refractivity contribution in [3.8, 4) is 22.5 Å². The zero-order valence-electron chi connectivity index (χ0n) is 25.6. The Labute approximate surface area is 248 Å². The first kappa shape index (κ1) is 29.7. The highest BCUT2D eigenvalue weighted by Crippen LogP contribution is 2.36. The number of rotatable bonds is 5. The molecule has 2 aliphatic rings. The third-order valence-electron chi connectivity index (χ3n) is 8.28. The van der Waals surface area contributed by atoms with Crippen molar-refractivity contribution in [2.45, 2.75) is 84.2 Å². The number of amides is 2. The summed E-state index contributed by atoms with van der Waals surface area (Å²) in [7, 11) is -0.419. The molecule has 5 rings (SSSR count). The maximum atomic E-state index is 13.0. The van der Waals surface area contributed by atoms with Crippen LogP contribution in [0.3, 0.4) is 0 Å². The van der Waals surface area contributed by atoms with Gasteiger partial charge in [-0.3, -0.25) is 14.4 Å². The average Bonchev–Trinajstić information content (AvgIpc) is 3.60. The molecule has 1 aromatic heterocycles. The summed E-state index contributed by atoms with van der Waals surface area (Å²) in [4.78, 5) is 27.1. The lowest BCUT2D eigenvalue weighted by Gasteiger charge is -2.32. The monoisotopic (exact) mass is 572 g/mol. The van der Waals surface area contributed by atoms with E-state index in [4.69, 9.17) is 19.9 Å². The standard InChI is InChI=1S/C32H41BN4O5/c1-30(2,3)40-29(39)36-20-8-9-27(36)28(38)35-24-16-12-22(13-17-24)26-19-18-25(37(26)34)21-10-14-23(15-11-21)33-41-31(4,5)32(6,7)42-33/h10-19,27H,8-9,20,34H2,1-7H3,(H,35,38). The van der Waals surface area contributed by atoms with E-state index in [1.54, 1.807) is 4.68 Å². The molecule has 222 valence electrons. The second-order valence-electron chi connectivity index (χ2n) is 13.1. The van der Waals surface area contributed by atoms with Crippen molar-refractivity contribution < 1.29 is 23.6 Å². The van der Waals surface area contributed by atoms with Gasteiger partial charge in [-0.2, -0.15) is 0 Å². The molecule has 1 unspecified atom stereocenters. The number of hydrogen-bond donors (Lipinski definition) is 2. The molecule has 2 saturated heterocycles. The largest absolute Gasteiger partial charge is 0.494 e. The van der Waals surface area contributed by atoms with Crippen LogP contribution >= 0.6 is 0 Å². The fraction of sp³-hybridized carbons (Fsp3) is 0.438. The number of nitrogens with one attached hydrogen (secondary N) is 1. The molecule has 3 N–H and O–H groups in total. The first-order chi connectivity index (χ1) is 19.6. The fourth-order valence-electron chi connectivity index (χ4n) is 5.24. The molecule has 10 heteroatoms. The zero-order chi connectivity index (χ0) is 30.4. The summed E-state index contributed by atoms with van der Waals surface area (Å²) in [6.07, 6.45) is 0.898. The molecule has 0 radical (unpaired) electrons. The van der Waals surface area contributed by atoms with Gasteiger partial charge >= 0.3 is 13.2 Å². The van der Waals surface area contributed by atoms with Gasteiger partial charge in [-0.15, -0.1) is 0 Å². The molecule has 0 spiro atoms. The third kappa shape index (κ3) is 5.92. The van der Waals surface area contributed by atoms with E-state index >= 15 is 0 Å². The quantitative estimate of drug-likeness (QED) is 0.323. The molecule has 3 heterocycles. The minimum Gasteiger partial charge on any atom is -0.444 e. The molecule has 9 nitrogen and oxygen atoms in total. The summed E-state index contributed by atoms with van der Waals surface area (Å²) in [6, 6.07) is 19.0. The summed E-state index contributed by atoms with van der Waals surface area (Å²) in [5.74, 6) is 6.31. The molecule has 2 aromatic carbocycles. The topological polar surface area (TPSA) is 108 Å². The number of benzene rings is 2. The summed E-state index contributed by atoms with van der Waals surface area (Å²) in [5, 5.41) is 2.95. The zero-order valence-corrected chi connectivity index (χ0v) is 25.6. The van der Waals surface area contributed by atoms with Crippen molar-refractivity contribution in [1.29, 1.82) is 0 Å². The molecule has 2 fully saturated rings. The maximum absolute atomic E-state index is 13.0. The van der Waals surface area contributed by atoms with E-state index in [1.165, 1.54) is 4.90 Å². The Bertz CT molecular complexity index is 1440. The summed E-state index contributed by atoms with van der Waals surface area (Å²) in [6.45, 7) is 14.1. The van der Waals surface area contributed by atoms with Crippen molar-refractivity contribution in [1.82, 2.24) is 9.58 Å². The predicted molar refractivity (Wildman–Crippen MR) is 166 cm³/mol. The van der Waals surface area contributed by atoms with Gasteiger partial charge in [0.1, 0.15) is 11.6 Å². The van der Waals surface area contributed by atoms with Crippen molar-refractivity contribution in [3.63, 3.8) is 0 Å². The van der Waals surface area contributed by atoms with Gasteiger partial charge in [-0.05, 0) is 91.0 Å². The van der Waals surface area contributed by atoms with Crippen LogP contribution in [0.4, 0.5) is 10.5 Å². The summed E-state index contributed by atoms with van der Waals surface area (Å²) >= 11 is 0. The lowest BCUT2D eigenvalue weighted by atomic mass is 9.79. The Hall–Kier alpha value is -3.76. The van der Waals surface area contributed by atoms with Crippen molar-refractivity contribution in [2.24, 2.45) is 0 Å². The van der Waals surface area contributed by atoms with Crippen LogP contribution in [0.25, 0.3) is 22.5 Å². The van der Waals surface area contributed by atoms with E-state index in [0.717, 1.165) is 34.4 Å². The lowest BCUT2D eigenvalue weighted by Crippen LogP contribution is -2.45. The molecule has 0 bridgehead atoms. The molecule has 42 heavy (non-hydrogen) atoms. The van der Waals surface area contributed by atoms with Crippen LogP contribution in [0, 0.1) is 0 Å². The highest BCUT2D eigenvalue weighted by molar-refractivity contribution is 6.62. The summed E-state index contributed by atoms with van der Waals surface area (Å²) in [5.41, 5.74) is 3.78. The van der Waals surface area contributed by atoms with Crippen LogP contribution in [0.5, 0.6) is 0 Å². The second kappa shape index (κ2) is 10.8. The lowest BCUT2D eigenvalue weighted by molar-refractivity contribution is -0.120. The Morgan fingerprint density at radius 1 is 0.905 bits per heavy atom. The van der Waals surface area contributed by atoms with Crippen molar-refractivity contribution >= 4 is 30.3 Å². The first-order valence-electron chi connectivity index (χ1n) is 14.5. The minimum absolute atomic E-state index is 0.223. The highest BCUT2D eigenvalue weighted by atomic mass is 16.7. The highest BCUT2D eigenvalue weighted by Gasteiger charge is 2.51. The number of carbonyl (C=O) groups is 2. The van der Waals surface area contributed by atoms with E-state index in [0.29, 0.717) is 18.7 Å². The van der Waals surface area contributed by atoms with Gasteiger partial charge in [0.15, 0.2) is 0 Å². The first-order valence-corrected chi connectivity index (χ1v) is 14.5. The Balaban J connectivity index is 1.25. The number of carbonyl (C=O) groups excluding carboxylic acids is 2. The molecule has 0 saturated carbocycles. The molecule has 3 aromatic rings. The van der Waals surface area contributed by atoms with E-state index in [1.807, 2.05) is 109 Å². The number of nitrogens with zero attached hydrogens (tertiary/aromatic N) is 2. The van der Waals surface area contributed by atoms with Gasteiger partial charge < -0.3 is 25.2 Å². The molecule has 0 aliphatic carbocycles. The molecule has 2 amide bonds. The number of anilines is 1. The maximum Gasteiger partial charge on any atom is 0.494 e. The van der Waals surface area contributed by atoms with Crippen LogP contribution in [-0.2, 0) is 18.8 Å². The van der Waals surface area contributed by atoms with Gasteiger partial charge in [0.25, 0.3) is 0 Å². The Kier molecular flexibility index (Phi) is 7.66. The van der Waals surface area contributed by atoms with E-state index in [2.05, 4.69) is 5.32 Å². The molecule has 2 aliphatic heterocycles. The van der Waals surface area contributed by atoms with Gasteiger partial charge in [0, 0.05) is 23.4 Å². The van der Waals surface area contributed by atoms with Crippen LogP contribution < -0.4 is 16.6 Å². The van der Waals surface area contributed by atoms with E-state index in [9.17, 15) is 9.59 Å². The van der Waals surface area contributed by atoms with Crippen molar-refractivity contribution in [2.75, 3.05) is 17.7 Å². The van der Waals surface area contributed by atoms with Gasteiger partial charge in [-0.25, -0.2) is 4.79 Å². The minimum atomic E-state index is -0.616. The number of likely N-dealkylation sites (tertiary alicyclic amines) is 1. The van der Waals surface area contributed by atoms with Gasteiger partial charge in [-0.1, -0.05) is 36.4 Å². The van der Waals surface area contributed by atoms with Crippen LogP contribution in [0.2, 0.25) is 0 Å². The number of aromatic nitrogens is 1. The van der Waals surface area contributed by atoms with Crippen molar-refractivity contribution in [3.05, 3.63) is 60.7 Å². The molecule has 1 atom stereocenters. The third-order valence-corrected chi connectivity index (χ3v) is 8.28. The van der Waals surface area contributed by atoms with Gasteiger partial charge in [0.2, 0.25) is 5.91 Å². The number of hydrogen-bond acceptors (Lipinski definition) is 6. The Morgan fingerprint density at radius 3 is 1.95 bits per heavy atom. The normalized spacial score (nSPS) is 19.6. The predicted octanol–water partition coefficient (Wildman–Crippen LogP) is 5.17. The smallest absolute Gasteiger partial charge is 0.444 e. The fourth-order valence-corrected chi connectivity index (χ4v) is 5.24. The van der Waals surface area contributed by atoms with E-state index in [-0.39, 0.29) is 5.91 Å². The van der Waals surface area contributed by atoms with Crippen LogP contribution in [-0.4, -0.2) is 58.1 Å². The van der Waals surface area contributed by atoms with Crippen LogP contribution in [0.15, 0.2) is 60.7 Å². The molecular weight excluding hydrogens is 531 g/mol. The molecular formula is C32H41BN4O5. The Morgan fingerprint density at radius 2 is 1.43 bits per heavy atom. The number of ether oxygens (including phenoxy) is 1. The van der Waals surface area contributed by atoms with Crippen LogP contribution in [0.1, 0.15) is 61.3 Å².